The number of ether oxygens (including phenoxy) is 1. The smallest absolute Gasteiger partial charge is 0.313 e. The van der Waals surface area contributed by atoms with E-state index in [1.807, 2.05) is 0 Å². The summed E-state index contributed by atoms with van der Waals surface area (Å²) >= 11 is 0. The van der Waals surface area contributed by atoms with Crippen LogP contribution in [-0.2, 0) is 14.3 Å². The molecule has 0 N–H and O–H groups in total. The summed E-state index contributed by atoms with van der Waals surface area (Å²) in [7, 11) is 0. The Morgan fingerprint density at radius 2 is 1.57 bits per heavy atom. The maximum absolute atomic E-state index is 11.0. The zero-order valence-corrected chi connectivity index (χ0v) is 8.66. The van der Waals surface area contributed by atoms with Crippen molar-refractivity contribution in [2.75, 3.05) is 0 Å². The lowest BCUT2D eigenvalue weighted by molar-refractivity contribution is -0.149. The number of hydrogen-bond acceptors (Lipinski definition) is 3. The minimum absolute atomic E-state index is 0. The second-order valence-electron chi connectivity index (χ2n) is 3.34. The van der Waals surface area contributed by atoms with E-state index < -0.39 is 5.97 Å². The van der Waals surface area contributed by atoms with Gasteiger partial charge in [-0.25, -0.2) is 0 Å². The van der Waals surface area contributed by atoms with E-state index in [4.69, 9.17) is 4.74 Å². The molecule has 0 saturated heterocycles. The maximum atomic E-state index is 11.0. The van der Waals surface area contributed by atoms with Gasteiger partial charge in [0.05, 0.1) is 6.10 Å². The first kappa shape index (κ1) is 18.9. The lowest BCUT2D eigenvalue weighted by atomic mass is 10.1. The van der Waals surface area contributed by atoms with Crippen LogP contribution in [-0.4, -0.2) is 26.3 Å². The molecule has 0 fully saturated rings. The average molecular weight is 199 g/mol. The molecule has 0 aliphatic carbocycles. The monoisotopic (exact) mass is 199 g/mol. The topological polar surface area (TPSA) is 43.4 Å². The summed E-state index contributed by atoms with van der Waals surface area (Å²) in [6, 6.07) is 0. The van der Waals surface area contributed by atoms with Crippen molar-refractivity contribution in [2.45, 2.75) is 47.6 Å². The highest BCUT2D eigenvalue weighted by atomic mass is 16.5. The third kappa shape index (κ3) is 9.29. The quantitative estimate of drug-likeness (QED) is 0.394. The zero-order chi connectivity index (χ0) is 9.72. The van der Waals surface area contributed by atoms with Crippen LogP contribution in [0.25, 0.3) is 0 Å². The SMILES string of the molecule is C.CC(C)OC(=O)CC(=O)C(C)C.[B]. The highest BCUT2D eigenvalue weighted by Crippen LogP contribution is 2.01. The Bertz CT molecular complexity index is 176. The van der Waals surface area contributed by atoms with Crippen LogP contribution < -0.4 is 0 Å². The van der Waals surface area contributed by atoms with Crippen molar-refractivity contribution in [3.05, 3.63) is 0 Å². The molecular formula is C10H20BO3. The highest BCUT2D eigenvalue weighted by Gasteiger charge is 2.14. The Hall–Kier alpha value is -0.795. The Kier molecular flexibility index (Phi) is 11.9. The van der Waals surface area contributed by atoms with Crippen LogP contribution >= 0.6 is 0 Å². The van der Waals surface area contributed by atoms with Gasteiger partial charge in [0.25, 0.3) is 0 Å². The fraction of sp³-hybridized carbons (Fsp3) is 0.800. The first-order valence-electron chi connectivity index (χ1n) is 4.15. The van der Waals surface area contributed by atoms with Crippen molar-refractivity contribution in [1.82, 2.24) is 0 Å². The molecule has 81 valence electrons. The predicted octanol–water partition coefficient (Wildman–Crippen LogP) is 1.81. The Morgan fingerprint density at radius 1 is 1.14 bits per heavy atom. The number of esters is 1. The molecule has 0 aromatic rings. The van der Waals surface area contributed by atoms with E-state index in [-0.39, 0.29) is 40.1 Å². The van der Waals surface area contributed by atoms with Gasteiger partial charge in [-0.15, -0.1) is 0 Å². The normalized spacial score (nSPS) is 9.00. The van der Waals surface area contributed by atoms with Gasteiger partial charge in [-0.3, -0.25) is 9.59 Å². The minimum atomic E-state index is -0.427. The second kappa shape index (κ2) is 8.79. The maximum Gasteiger partial charge on any atom is 0.313 e. The van der Waals surface area contributed by atoms with Gasteiger partial charge in [-0.1, -0.05) is 21.3 Å². The lowest BCUT2D eigenvalue weighted by Crippen LogP contribution is -2.18. The summed E-state index contributed by atoms with van der Waals surface area (Å²) < 4.78 is 4.81. The summed E-state index contributed by atoms with van der Waals surface area (Å²) in [5, 5.41) is 0. The van der Waals surface area contributed by atoms with E-state index in [2.05, 4.69) is 0 Å². The van der Waals surface area contributed by atoms with Crippen LogP contribution in [0.5, 0.6) is 0 Å². The molecule has 0 atom stereocenters. The van der Waals surface area contributed by atoms with Gasteiger partial charge >= 0.3 is 5.97 Å². The van der Waals surface area contributed by atoms with Gasteiger partial charge in [0.2, 0.25) is 0 Å². The Morgan fingerprint density at radius 3 is 1.86 bits per heavy atom. The van der Waals surface area contributed by atoms with Crippen molar-refractivity contribution < 1.29 is 14.3 Å². The summed E-state index contributed by atoms with van der Waals surface area (Å²) in [5.41, 5.74) is 0. The van der Waals surface area contributed by atoms with E-state index in [0.29, 0.717) is 0 Å². The Balaban J connectivity index is -0.000000605. The first-order valence-corrected chi connectivity index (χ1v) is 4.15. The molecule has 0 aromatic carbocycles. The highest BCUT2D eigenvalue weighted by molar-refractivity contribution is 5.96. The Labute approximate surface area is 88.8 Å². The van der Waals surface area contributed by atoms with Crippen LogP contribution in [0.2, 0.25) is 0 Å². The second-order valence-corrected chi connectivity index (χ2v) is 3.34. The molecule has 0 heterocycles. The summed E-state index contributed by atoms with van der Waals surface area (Å²) in [6.07, 6.45) is -0.243. The molecule has 0 spiro atoms. The molecule has 3 radical (unpaired) electrons. The number of ketones is 1. The third-order valence-electron chi connectivity index (χ3n) is 1.33. The summed E-state index contributed by atoms with van der Waals surface area (Å²) in [4.78, 5) is 22.0. The van der Waals surface area contributed by atoms with Gasteiger partial charge in [0.1, 0.15) is 12.2 Å². The predicted molar refractivity (Wildman–Crippen MR) is 58.2 cm³/mol. The van der Waals surface area contributed by atoms with E-state index in [0.717, 1.165) is 0 Å². The molecule has 0 saturated carbocycles. The van der Waals surface area contributed by atoms with Crippen molar-refractivity contribution in [3.63, 3.8) is 0 Å². The molecule has 0 aliphatic heterocycles. The first-order chi connectivity index (χ1) is 5.43. The minimum Gasteiger partial charge on any atom is -0.463 e. The third-order valence-corrected chi connectivity index (χ3v) is 1.33. The molecule has 3 nitrogen and oxygen atoms in total. The molecular weight excluding hydrogens is 179 g/mol. The van der Waals surface area contributed by atoms with Crippen molar-refractivity contribution in [2.24, 2.45) is 5.92 Å². The van der Waals surface area contributed by atoms with Crippen molar-refractivity contribution >= 4 is 20.2 Å². The van der Waals surface area contributed by atoms with Crippen LogP contribution in [0, 0.1) is 5.92 Å². The number of rotatable bonds is 4. The number of hydrogen-bond donors (Lipinski definition) is 0. The average Bonchev–Trinajstić information content (AvgIpc) is 1.84. The van der Waals surface area contributed by atoms with Gasteiger partial charge in [-0.05, 0) is 13.8 Å². The fourth-order valence-electron chi connectivity index (χ4n) is 0.651. The van der Waals surface area contributed by atoms with Gasteiger partial charge < -0.3 is 4.74 Å². The van der Waals surface area contributed by atoms with Crippen LogP contribution in [0.3, 0.4) is 0 Å². The van der Waals surface area contributed by atoms with E-state index >= 15 is 0 Å². The van der Waals surface area contributed by atoms with Crippen LogP contribution in [0.15, 0.2) is 0 Å². The van der Waals surface area contributed by atoms with Crippen LogP contribution in [0.1, 0.15) is 41.5 Å². The van der Waals surface area contributed by atoms with Gasteiger partial charge in [0.15, 0.2) is 0 Å². The summed E-state index contributed by atoms with van der Waals surface area (Å²) in [5.74, 6) is -0.589. The van der Waals surface area contributed by atoms with Crippen molar-refractivity contribution in [3.8, 4) is 0 Å². The largest absolute Gasteiger partial charge is 0.463 e. The molecule has 0 rings (SSSR count). The molecule has 0 aromatic heterocycles. The molecule has 0 aliphatic rings. The van der Waals surface area contributed by atoms with Crippen LogP contribution in [0.4, 0.5) is 0 Å². The molecule has 0 unspecified atom stereocenters. The number of carbonyl (C=O) groups is 2. The number of carbonyl (C=O) groups excluding carboxylic acids is 2. The summed E-state index contributed by atoms with van der Waals surface area (Å²) in [6.45, 7) is 7.06. The molecule has 0 amide bonds. The molecule has 0 bridgehead atoms. The van der Waals surface area contributed by atoms with E-state index in [9.17, 15) is 9.59 Å². The zero-order valence-electron chi connectivity index (χ0n) is 8.66. The molecule has 14 heavy (non-hydrogen) atoms. The lowest BCUT2D eigenvalue weighted by Gasteiger charge is -2.07. The van der Waals surface area contributed by atoms with Crippen molar-refractivity contribution in [1.29, 1.82) is 0 Å². The van der Waals surface area contributed by atoms with E-state index in [1.165, 1.54) is 0 Å². The fourth-order valence-corrected chi connectivity index (χ4v) is 0.651. The van der Waals surface area contributed by atoms with E-state index in [1.54, 1.807) is 27.7 Å². The number of Topliss-reactive ketones (excluding diaryl/α,β-unsaturated/α-hetero) is 1. The molecule has 4 heteroatoms. The van der Waals surface area contributed by atoms with Gasteiger partial charge in [0, 0.05) is 14.3 Å². The standard InChI is InChI=1S/C9H16O3.CH4.B/c1-6(2)8(10)5-9(11)12-7(3)4;;/h6-7H,5H2,1-4H3;1H4;. The van der Waals surface area contributed by atoms with Gasteiger partial charge in [-0.2, -0.15) is 0 Å².